The van der Waals surface area contributed by atoms with E-state index in [1.807, 2.05) is 0 Å². The summed E-state index contributed by atoms with van der Waals surface area (Å²) in [7, 11) is 0. The minimum Gasteiger partial charge on any atom is -1.00 e. The molecule has 4 heteroatoms. The van der Waals surface area contributed by atoms with Gasteiger partial charge in [0.15, 0.2) is 0 Å². The van der Waals surface area contributed by atoms with Gasteiger partial charge in [0.1, 0.15) is 0 Å². The largest absolute Gasteiger partial charge is 1.00 e. The molecule has 0 aromatic heterocycles. The summed E-state index contributed by atoms with van der Waals surface area (Å²) in [5, 5.41) is 0. The van der Waals surface area contributed by atoms with Gasteiger partial charge in [0.05, 0.1) is 6.54 Å². The summed E-state index contributed by atoms with van der Waals surface area (Å²) in [6.45, 7) is 5.85. The van der Waals surface area contributed by atoms with Crippen LogP contribution < -0.4 is 24.8 Å². The molecular formula is C23H30Cl2N2-2. The molecule has 1 aromatic carbocycles. The van der Waals surface area contributed by atoms with E-state index in [9.17, 15) is 0 Å². The van der Waals surface area contributed by atoms with E-state index in [1.54, 1.807) is 19.3 Å². The summed E-state index contributed by atoms with van der Waals surface area (Å²) >= 11 is 0. The maximum atomic E-state index is 3.38. The van der Waals surface area contributed by atoms with Crippen molar-refractivity contribution in [2.45, 2.75) is 44.1 Å². The minimum absolute atomic E-state index is 0. The average molecular weight is 405 g/mol. The van der Waals surface area contributed by atoms with Crippen LogP contribution in [-0.4, -0.2) is 48.1 Å². The number of halogens is 2. The van der Waals surface area contributed by atoms with Gasteiger partial charge < -0.3 is 24.8 Å². The fraction of sp³-hybridized carbons (Fsp3) is 0.652. The molecule has 0 radical (unpaired) electrons. The van der Waals surface area contributed by atoms with Crippen molar-refractivity contribution in [3.8, 4) is 11.8 Å². The molecule has 0 N–H and O–H groups in total. The van der Waals surface area contributed by atoms with E-state index in [0.29, 0.717) is 5.54 Å². The molecule has 1 heterocycles. The quantitative estimate of drug-likeness (QED) is 0.508. The Morgan fingerprint density at radius 2 is 1.37 bits per heavy atom. The van der Waals surface area contributed by atoms with E-state index in [4.69, 9.17) is 0 Å². The van der Waals surface area contributed by atoms with E-state index >= 15 is 0 Å². The van der Waals surface area contributed by atoms with Crippen molar-refractivity contribution in [2.75, 3.05) is 32.7 Å². The summed E-state index contributed by atoms with van der Waals surface area (Å²) in [4.78, 5) is 5.45. The van der Waals surface area contributed by atoms with E-state index in [0.717, 1.165) is 29.9 Å². The minimum atomic E-state index is 0. The Morgan fingerprint density at radius 3 is 1.93 bits per heavy atom. The highest BCUT2D eigenvalue weighted by Crippen LogP contribution is 2.57. The van der Waals surface area contributed by atoms with Gasteiger partial charge in [-0.25, -0.2) is 0 Å². The van der Waals surface area contributed by atoms with E-state index in [2.05, 4.69) is 52.0 Å². The van der Waals surface area contributed by atoms with Crippen LogP contribution in [0.1, 0.15) is 44.1 Å². The molecule has 1 aliphatic heterocycles. The molecule has 4 bridgehead atoms. The number of hydrogen-bond donors (Lipinski definition) is 0. The molecule has 6 rings (SSSR count). The molecule has 4 aliphatic carbocycles. The summed E-state index contributed by atoms with van der Waals surface area (Å²) in [6.07, 6.45) is 9.17. The first kappa shape index (κ1) is 21.0. The Morgan fingerprint density at radius 1 is 0.815 bits per heavy atom. The summed E-state index contributed by atoms with van der Waals surface area (Å²) in [5.74, 6) is 9.85. The van der Waals surface area contributed by atoms with E-state index in [1.165, 1.54) is 45.4 Å². The Balaban J connectivity index is 0.00000105. The van der Waals surface area contributed by atoms with Gasteiger partial charge in [-0.1, -0.05) is 30.0 Å². The summed E-state index contributed by atoms with van der Waals surface area (Å²) < 4.78 is 0. The lowest BCUT2D eigenvalue weighted by Gasteiger charge is -2.61. The zero-order valence-corrected chi connectivity index (χ0v) is 17.6. The van der Waals surface area contributed by atoms with Crippen LogP contribution in [0.25, 0.3) is 0 Å². The molecule has 5 aliphatic rings. The zero-order chi connectivity index (χ0) is 16.7. The third kappa shape index (κ3) is 4.33. The molecule has 148 valence electrons. The lowest BCUT2D eigenvalue weighted by atomic mass is 9.52. The maximum Gasteiger partial charge on any atom is 0.0606 e. The number of hydrogen-bond acceptors (Lipinski definition) is 2. The van der Waals surface area contributed by atoms with Gasteiger partial charge in [0, 0.05) is 37.3 Å². The molecule has 2 nitrogen and oxygen atoms in total. The van der Waals surface area contributed by atoms with Crippen LogP contribution in [0.2, 0.25) is 0 Å². The first-order valence-electron chi connectivity index (χ1n) is 10.3. The highest BCUT2D eigenvalue weighted by atomic mass is 35.5. The molecule has 0 amide bonds. The molecular weight excluding hydrogens is 375 g/mol. The van der Waals surface area contributed by atoms with Gasteiger partial charge in [0.25, 0.3) is 0 Å². The summed E-state index contributed by atoms with van der Waals surface area (Å²) in [5.41, 5.74) is 1.73. The van der Waals surface area contributed by atoms with Crippen LogP contribution in [0.3, 0.4) is 0 Å². The monoisotopic (exact) mass is 404 g/mol. The Kier molecular flexibility index (Phi) is 6.80. The lowest BCUT2D eigenvalue weighted by Crippen LogP contribution is -3.00. The van der Waals surface area contributed by atoms with Crippen molar-refractivity contribution in [1.29, 1.82) is 0 Å². The van der Waals surface area contributed by atoms with Crippen molar-refractivity contribution in [1.82, 2.24) is 9.80 Å². The van der Waals surface area contributed by atoms with Gasteiger partial charge >= 0.3 is 0 Å². The highest BCUT2D eigenvalue weighted by molar-refractivity contribution is 5.33. The Bertz CT molecular complexity index is 635. The van der Waals surface area contributed by atoms with E-state index < -0.39 is 0 Å². The molecule has 4 saturated carbocycles. The average Bonchev–Trinajstić information content (AvgIpc) is 2.62. The van der Waals surface area contributed by atoms with Crippen molar-refractivity contribution < 1.29 is 24.8 Å². The highest BCUT2D eigenvalue weighted by Gasteiger charge is 2.53. The molecule has 0 atom stereocenters. The molecule has 0 unspecified atom stereocenters. The van der Waals surface area contributed by atoms with Crippen LogP contribution in [0.15, 0.2) is 30.3 Å². The van der Waals surface area contributed by atoms with Gasteiger partial charge in [-0.3, -0.25) is 9.80 Å². The predicted octanol–water partition coefficient (Wildman–Crippen LogP) is -2.37. The van der Waals surface area contributed by atoms with Gasteiger partial charge in [-0.15, -0.1) is 0 Å². The van der Waals surface area contributed by atoms with E-state index in [-0.39, 0.29) is 24.8 Å². The topological polar surface area (TPSA) is 6.48 Å². The first-order chi connectivity index (χ1) is 12.3. The second kappa shape index (κ2) is 8.75. The molecule has 1 aromatic rings. The van der Waals surface area contributed by atoms with Gasteiger partial charge in [-0.2, -0.15) is 0 Å². The SMILES string of the molecule is C(#Cc1ccccc1)CN1CCN(C23CC4CC(CC(C4)C2)C3)CC1.[Cl-].[Cl-]. The van der Waals surface area contributed by atoms with Crippen LogP contribution >= 0.6 is 0 Å². The lowest BCUT2D eigenvalue weighted by molar-refractivity contribution is -0.100. The molecule has 5 fully saturated rings. The van der Waals surface area contributed by atoms with Crippen LogP contribution in [0, 0.1) is 29.6 Å². The third-order valence-corrected chi connectivity index (χ3v) is 7.36. The molecule has 0 spiro atoms. The van der Waals surface area contributed by atoms with Crippen LogP contribution in [0.5, 0.6) is 0 Å². The van der Waals surface area contributed by atoms with Crippen LogP contribution in [0.4, 0.5) is 0 Å². The van der Waals surface area contributed by atoms with Gasteiger partial charge in [-0.05, 0) is 68.4 Å². The maximum absolute atomic E-state index is 3.38. The van der Waals surface area contributed by atoms with Crippen molar-refractivity contribution in [2.24, 2.45) is 17.8 Å². The second-order valence-corrected chi connectivity index (χ2v) is 9.07. The third-order valence-electron chi connectivity index (χ3n) is 7.36. The van der Waals surface area contributed by atoms with Crippen molar-refractivity contribution >= 4 is 0 Å². The molecule has 1 saturated heterocycles. The van der Waals surface area contributed by atoms with Gasteiger partial charge in [0.2, 0.25) is 0 Å². The fourth-order valence-electron chi connectivity index (χ4n) is 6.61. The number of piperazine rings is 1. The summed E-state index contributed by atoms with van der Waals surface area (Å²) in [6, 6.07) is 10.4. The fourth-order valence-corrected chi connectivity index (χ4v) is 6.61. The Labute approximate surface area is 176 Å². The first-order valence-corrected chi connectivity index (χ1v) is 10.3. The van der Waals surface area contributed by atoms with Crippen LogP contribution in [-0.2, 0) is 0 Å². The van der Waals surface area contributed by atoms with Crippen molar-refractivity contribution in [3.63, 3.8) is 0 Å². The molecule has 27 heavy (non-hydrogen) atoms. The number of rotatable bonds is 2. The normalized spacial score (nSPS) is 34.9. The predicted molar refractivity (Wildman–Crippen MR) is 102 cm³/mol. The smallest absolute Gasteiger partial charge is 0.0606 e. The second-order valence-electron chi connectivity index (χ2n) is 9.07. The van der Waals surface area contributed by atoms with Crippen molar-refractivity contribution in [3.05, 3.63) is 35.9 Å². The number of benzene rings is 1. The Hall–Kier alpha value is -0.720. The standard InChI is InChI=1S/C23H30N2.2ClH/c1-2-5-19(6-3-1)7-4-8-24-9-11-25(12-10-24)23-16-20-13-21(17-23)15-22(14-20)18-23;;/h1-3,5-6,20-22H,8-18H2;2*1H/p-2. The zero-order valence-electron chi connectivity index (χ0n) is 16.0. The number of nitrogens with zero attached hydrogens (tertiary/aromatic N) is 2.